The number of carbonyl (C=O) groups is 1. The third kappa shape index (κ3) is 3.92. The summed E-state index contributed by atoms with van der Waals surface area (Å²) in [6, 6.07) is 3.94. The van der Waals surface area contributed by atoms with Crippen molar-refractivity contribution in [2.24, 2.45) is 18.9 Å². The van der Waals surface area contributed by atoms with E-state index in [4.69, 9.17) is 4.42 Å². The van der Waals surface area contributed by atoms with Gasteiger partial charge in [-0.25, -0.2) is 0 Å². The molecule has 1 fully saturated rings. The lowest BCUT2D eigenvalue weighted by Crippen LogP contribution is -2.46. The molecule has 136 valence electrons. The molecule has 0 unspecified atom stereocenters. The maximum atomic E-state index is 12.6. The van der Waals surface area contributed by atoms with Gasteiger partial charge in [0.25, 0.3) is 0 Å². The van der Waals surface area contributed by atoms with Crippen LogP contribution in [0.25, 0.3) is 11.6 Å². The predicted octanol–water partition coefficient (Wildman–Crippen LogP) is 3.50. The van der Waals surface area contributed by atoms with Crippen LogP contribution in [-0.4, -0.2) is 32.0 Å². The van der Waals surface area contributed by atoms with Gasteiger partial charge in [-0.1, -0.05) is 38.5 Å². The molecule has 0 aromatic carbocycles. The molecule has 1 N–H and O–H groups in total. The Bertz CT molecular complexity index is 713. The monoisotopic (exact) mass is 362 g/mol. The van der Waals surface area contributed by atoms with Gasteiger partial charge >= 0.3 is 0 Å². The molecule has 1 aliphatic rings. The normalized spacial score (nSPS) is 24.9. The van der Waals surface area contributed by atoms with Crippen LogP contribution in [0.4, 0.5) is 0 Å². The number of carbonyl (C=O) groups excluding carboxylic acids is 1. The van der Waals surface area contributed by atoms with E-state index < -0.39 is 0 Å². The minimum atomic E-state index is -0.225. The maximum Gasteiger partial charge on any atom is 0.233 e. The van der Waals surface area contributed by atoms with Crippen molar-refractivity contribution in [3.63, 3.8) is 0 Å². The fourth-order valence-electron chi connectivity index (χ4n) is 3.34. The molecule has 2 aromatic heterocycles. The first-order chi connectivity index (χ1) is 12.0. The molecule has 2 heterocycles. The summed E-state index contributed by atoms with van der Waals surface area (Å²) in [6.07, 6.45) is 5.13. The molecule has 6 nitrogen and oxygen atoms in total. The zero-order chi connectivity index (χ0) is 18.0. The lowest BCUT2D eigenvalue weighted by Gasteiger charge is -2.35. The van der Waals surface area contributed by atoms with Gasteiger partial charge in [0.05, 0.1) is 11.5 Å². The summed E-state index contributed by atoms with van der Waals surface area (Å²) in [6.45, 7) is 6.43. The highest BCUT2D eigenvalue weighted by Crippen LogP contribution is 2.30. The molecule has 0 radical (unpaired) electrons. The lowest BCUT2D eigenvalue weighted by atomic mass is 9.78. The lowest BCUT2D eigenvalue weighted by molar-refractivity contribution is -0.121. The molecule has 1 saturated carbocycles. The van der Waals surface area contributed by atoms with Gasteiger partial charge in [0.1, 0.15) is 0 Å². The largest absolute Gasteiger partial charge is 0.461 e. The predicted molar refractivity (Wildman–Crippen MR) is 98.1 cm³/mol. The first-order valence-corrected chi connectivity index (χ1v) is 9.75. The average Bonchev–Trinajstić information content (AvgIpc) is 3.22. The van der Waals surface area contributed by atoms with Crippen LogP contribution in [0.5, 0.6) is 0 Å². The summed E-state index contributed by atoms with van der Waals surface area (Å²) < 4.78 is 7.24. The maximum absolute atomic E-state index is 12.6. The van der Waals surface area contributed by atoms with Gasteiger partial charge in [0, 0.05) is 13.1 Å². The van der Waals surface area contributed by atoms with Crippen molar-refractivity contribution >= 4 is 17.7 Å². The Morgan fingerprint density at radius 1 is 1.40 bits per heavy atom. The molecule has 7 heteroatoms. The number of nitrogens with one attached hydrogen (secondary N) is 1. The van der Waals surface area contributed by atoms with Crippen molar-refractivity contribution in [1.82, 2.24) is 20.1 Å². The van der Waals surface area contributed by atoms with Crippen LogP contribution in [0.1, 0.15) is 40.0 Å². The van der Waals surface area contributed by atoms with Gasteiger partial charge in [-0.3, -0.25) is 4.79 Å². The molecular formula is C18H26N4O2S. The highest BCUT2D eigenvalue weighted by Gasteiger charge is 2.30. The van der Waals surface area contributed by atoms with Crippen molar-refractivity contribution in [3.05, 3.63) is 18.4 Å². The number of aromatic nitrogens is 3. The smallest absolute Gasteiger partial charge is 0.233 e. The van der Waals surface area contributed by atoms with Gasteiger partial charge in [-0.05, 0) is 37.3 Å². The van der Waals surface area contributed by atoms with E-state index in [0.29, 0.717) is 28.6 Å². The van der Waals surface area contributed by atoms with Gasteiger partial charge in [-0.2, -0.15) is 0 Å². The summed E-state index contributed by atoms with van der Waals surface area (Å²) in [5.41, 5.74) is 0. The van der Waals surface area contributed by atoms with Crippen LogP contribution in [-0.2, 0) is 11.8 Å². The molecule has 1 aliphatic carbocycles. The number of nitrogens with zero attached hydrogens (tertiary/aromatic N) is 3. The van der Waals surface area contributed by atoms with Crippen LogP contribution in [0.3, 0.4) is 0 Å². The molecule has 0 spiro atoms. The first kappa shape index (κ1) is 18.0. The Hall–Kier alpha value is -1.76. The minimum Gasteiger partial charge on any atom is -0.461 e. The topological polar surface area (TPSA) is 73.0 Å². The van der Waals surface area contributed by atoms with Gasteiger partial charge in [-0.15, -0.1) is 10.2 Å². The average molecular weight is 362 g/mol. The second-order valence-electron chi connectivity index (χ2n) is 6.98. The van der Waals surface area contributed by atoms with Crippen molar-refractivity contribution in [2.75, 3.05) is 0 Å². The number of furan rings is 1. The van der Waals surface area contributed by atoms with E-state index in [-0.39, 0.29) is 17.2 Å². The van der Waals surface area contributed by atoms with E-state index >= 15 is 0 Å². The molecule has 4 atom stereocenters. The van der Waals surface area contributed by atoms with Crippen molar-refractivity contribution in [1.29, 1.82) is 0 Å². The third-order valence-corrected chi connectivity index (χ3v) is 6.40. The van der Waals surface area contributed by atoms with Gasteiger partial charge < -0.3 is 14.3 Å². The summed E-state index contributed by atoms with van der Waals surface area (Å²) in [7, 11) is 1.88. The van der Waals surface area contributed by atoms with Crippen molar-refractivity contribution < 1.29 is 9.21 Å². The summed E-state index contributed by atoms with van der Waals surface area (Å²) >= 11 is 1.42. The van der Waals surface area contributed by atoms with Crippen molar-refractivity contribution in [3.8, 4) is 11.6 Å². The van der Waals surface area contributed by atoms with E-state index in [1.165, 1.54) is 24.6 Å². The standard InChI is InChI=1S/C18H26N4O2S/c1-11-7-5-8-14(12(11)2)19-17(23)13(3)25-18-21-20-16(22(18)4)15-9-6-10-24-15/h6,9-14H,5,7-8H2,1-4H3,(H,19,23)/t11-,12+,13+,14-/m1/s1. The molecule has 3 rings (SSSR count). The molecule has 0 bridgehead atoms. The number of rotatable bonds is 5. The van der Waals surface area contributed by atoms with Crippen LogP contribution in [0, 0.1) is 11.8 Å². The number of hydrogen-bond donors (Lipinski definition) is 1. The van der Waals surface area contributed by atoms with Gasteiger partial charge in [0.15, 0.2) is 16.7 Å². The molecule has 2 aromatic rings. The fourth-order valence-corrected chi connectivity index (χ4v) is 4.16. The SMILES string of the molecule is C[C@H]1[C@H](C)CCC[C@H]1NC(=O)[C@H](C)Sc1nnc(-c2ccco2)n1C. The van der Waals surface area contributed by atoms with E-state index in [9.17, 15) is 4.79 Å². The van der Waals surface area contributed by atoms with E-state index in [0.717, 1.165) is 6.42 Å². The molecule has 0 aliphatic heterocycles. The number of amides is 1. The molecule has 25 heavy (non-hydrogen) atoms. The summed E-state index contributed by atoms with van der Waals surface area (Å²) in [4.78, 5) is 12.6. The van der Waals surface area contributed by atoms with Crippen LogP contribution in [0.15, 0.2) is 28.0 Å². The Morgan fingerprint density at radius 2 is 2.20 bits per heavy atom. The van der Waals surface area contributed by atoms with E-state index in [2.05, 4.69) is 29.4 Å². The number of hydrogen-bond acceptors (Lipinski definition) is 5. The van der Waals surface area contributed by atoms with E-state index in [1.807, 2.05) is 30.7 Å². The Morgan fingerprint density at radius 3 is 2.92 bits per heavy atom. The highest BCUT2D eigenvalue weighted by atomic mass is 32.2. The quantitative estimate of drug-likeness (QED) is 0.824. The molecule has 0 saturated heterocycles. The summed E-state index contributed by atoms with van der Waals surface area (Å²) in [5, 5.41) is 12.1. The second-order valence-corrected chi connectivity index (χ2v) is 8.29. The third-order valence-electron chi connectivity index (χ3n) is 5.26. The fraction of sp³-hybridized carbons (Fsp3) is 0.611. The molecule has 1 amide bonds. The van der Waals surface area contributed by atoms with Crippen LogP contribution >= 0.6 is 11.8 Å². The Kier molecular flexibility index (Phi) is 5.51. The zero-order valence-corrected chi connectivity index (χ0v) is 16.0. The number of thioether (sulfide) groups is 1. The van der Waals surface area contributed by atoms with Gasteiger partial charge in [0.2, 0.25) is 5.91 Å². The first-order valence-electron chi connectivity index (χ1n) is 8.87. The second kappa shape index (κ2) is 7.64. The Balaban J connectivity index is 1.62. The zero-order valence-electron chi connectivity index (χ0n) is 15.2. The van der Waals surface area contributed by atoms with Crippen LogP contribution < -0.4 is 5.32 Å². The molecular weight excluding hydrogens is 336 g/mol. The Labute approximate surface area is 152 Å². The van der Waals surface area contributed by atoms with Crippen molar-refractivity contribution in [2.45, 2.75) is 56.5 Å². The minimum absolute atomic E-state index is 0.0681. The van der Waals surface area contributed by atoms with Crippen LogP contribution in [0.2, 0.25) is 0 Å². The summed E-state index contributed by atoms with van der Waals surface area (Å²) in [5.74, 6) is 2.59. The highest BCUT2D eigenvalue weighted by molar-refractivity contribution is 8.00. The van der Waals surface area contributed by atoms with E-state index in [1.54, 1.807) is 6.26 Å².